The SMILES string of the molecule is CC(C)c1cc2c(cc1NC1CCC1)N1C(=NNC(=O)[C@H]1C)CO2. The Morgan fingerprint density at radius 1 is 1.38 bits per heavy atom. The van der Waals surface area contributed by atoms with Crippen molar-refractivity contribution in [1.29, 1.82) is 0 Å². The lowest BCUT2D eigenvalue weighted by Crippen LogP contribution is -2.55. The van der Waals surface area contributed by atoms with Crippen molar-refractivity contribution in [3.8, 4) is 5.75 Å². The van der Waals surface area contributed by atoms with Crippen LogP contribution in [0.3, 0.4) is 0 Å². The first-order chi connectivity index (χ1) is 11.5. The Labute approximate surface area is 142 Å². The number of carbonyl (C=O) groups is 1. The predicted molar refractivity (Wildman–Crippen MR) is 94.8 cm³/mol. The number of hydrogen-bond donors (Lipinski definition) is 2. The molecule has 0 saturated heterocycles. The number of rotatable bonds is 3. The average molecular weight is 328 g/mol. The topological polar surface area (TPSA) is 66.0 Å². The van der Waals surface area contributed by atoms with E-state index >= 15 is 0 Å². The van der Waals surface area contributed by atoms with Gasteiger partial charge in [0.1, 0.15) is 18.4 Å². The minimum Gasteiger partial charge on any atom is -0.483 e. The Morgan fingerprint density at radius 3 is 2.83 bits per heavy atom. The summed E-state index contributed by atoms with van der Waals surface area (Å²) in [5, 5.41) is 7.83. The van der Waals surface area contributed by atoms with Gasteiger partial charge in [-0.1, -0.05) is 13.8 Å². The highest BCUT2D eigenvalue weighted by Gasteiger charge is 2.36. The van der Waals surface area contributed by atoms with Gasteiger partial charge in [0.05, 0.1) is 5.69 Å². The van der Waals surface area contributed by atoms with Crippen molar-refractivity contribution in [3.63, 3.8) is 0 Å². The van der Waals surface area contributed by atoms with Crippen LogP contribution in [0.5, 0.6) is 5.75 Å². The second-order valence-corrected chi connectivity index (χ2v) is 7.17. The maximum Gasteiger partial charge on any atom is 0.262 e. The molecule has 0 spiro atoms. The molecule has 3 aliphatic rings. The van der Waals surface area contributed by atoms with E-state index in [9.17, 15) is 4.79 Å². The summed E-state index contributed by atoms with van der Waals surface area (Å²) in [6.45, 7) is 6.67. The Balaban J connectivity index is 1.78. The van der Waals surface area contributed by atoms with E-state index in [0.717, 1.165) is 23.0 Å². The van der Waals surface area contributed by atoms with Crippen molar-refractivity contribution in [2.24, 2.45) is 5.10 Å². The predicted octanol–water partition coefficient (Wildman–Crippen LogP) is 2.81. The highest BCUT2D eigenvalue weighted by molar-refractivity contribution is 6.09. The fourth-order valence-electron chi connectivity index (χ4n) is 3.46. The lowest BCUT2D eigenvalue weighted by molar-refractivity contribution is -0.122. The normalized spacial score (nSPS) is 22.8. The minimum atomic E-state index is -0.290. The quantitative estimate of drug-likeness (QED) is 0.895. The van der Waals surface area contributed by atoms with E-state index in [4.69, 9.17) is 4.74 Å². The van der Waals surface area contributed by atoms with Gasteiger partial charge in [0.15, 0.2) is 5.84 Å². The van der Waals surface area contributed by atoms with Crippen LogP contribution in [0.25, 0.3) is 0 Å². The fourth-order valence-corrected chi connectivity index (χ4v) is 3.46. The molecule has 1 atom stereocenters. The van der Waals surface area contributed by atoms with Crippen LogP contribution in [0, 0.1) is 0 Å². The number of nitrogens with one attached hydrogen (secondary N) is 2. The second kappa shape index (κ2) is 5.69. The van der Waals surface area contributed by atoms with Crippen LogP contribution in [-0.2, 0) is 4.79 Å². The zero-order chi connectivity index (χ0) is 16.8. The molecule has 4 rings (SSSR count). The number of fused-ring (bicyclic) bond motifs is 3. The summed E-state index contributed by atoms with van der Waals surface area (Å²) >= 11 is 0. The van der Waals surface area contributed by atoms with Crippen molar-refractivity contribution in [2.75, 3.05) is 16.8 Å². The molecular formula is C18H24N4O2. The van der Waals surface area contributed by atoms with Gasteiger partial charge < -0.3 is 15.0 Å². The van der Waals surface area contributed by atoms with Gasteiger partial charge in [-0.05, 0) is 49.8 Å². The molecule has 0 unspecified atom stereocenters. The molecule has 0 aromatic heterocycles. The largest absolute Gasteiger partial charge is 0.483 e. The minimum absolute atomic E-state index is 0.0898. The lowest BCUT2D eigenvalue weighted by atomic mass is 9.91. The summed E-state index contributed by atoms with van der Waals surface area (Å²) in [7, 11) is 0. The molecule has 2 heterocycles. The standard InChI is InChI=1S/C18H24N4O2/c1-10(2)13-7-16-15(8-14(13)19-12-5-4-6-12)22-11(3)18(23)21-20-17(22)9-24-16/h7-8,10-12,19H,4-6,9H2,1-3H3,(H,21,23)/t11-/m1/s1. The molecule has 2 N–H and O–H groups in total. The number of ether oxygens (including phenoxy) is 1. The summed E-state index contributed by atoms with van der Waals surface area (Å²) in [6, 6.07) is 4.52. The molecule has 2 aliphatic heterocycles. The van der Waals surface area contributed by atoms with Gasteiger partial charge in [-0.3, -0.25) is 4.79 Å². The van der Waals surface area contributed by atoms with Crippen LogP contribution in [-0.4, -0.2) is 30.4 Å². The van der Waals surface area contributed by atoms with E-state index in [1.807, 2.05) is 11.8 Å². The molecule has 128 valence electrons. The van der Waals surface area contributed by atoms with Crippen molar-refractivity contribution >= 4 is 23.1 Å². The number of hydrazone groups is 1. The Bertz CT molecular complexity index is 709. The maximum absolute atomic E-state index is 12.0. The van der Waals surface area contributed by atoms with E-state index in [1.165, 1.54) is 24.8 Å². The zero-order valence-electron chi connectivity index (χ0n) is 14.4. The van der Waals surface area contributed by atoms with Crippen LogP contribution in [0.1, 0.15) is 51.5 Å². The van der Waals surface area contributed by atoms with E-state index in [-0.39, 0.29) is 11.9 Å². The molecule has 24 heavy (non-hydrogen) atoms. The number of amidine groups is 1. The molecule has 6 nitrogen and oxygen atoms in total. The van der Waals surface area contributed by atoms with E-state index in [2.05, 4.69) is 41.8 Å². The third kappa shape index (κ3) is 2.41. The molecule has 1 saturated carbocycles. The van der Waals surface area contributed by atoms with Crippen LogP contribution >= 0.6 is 0 Å². The number of anilines is 2. The summed E-state index contributed by atoms with van der Waals surface area (Å²) in [5.74, 6) is 1.89. The van der Waals surface area contributed by atoms with Crippen LogP contribution < -0.4 is 20.4 Å². The van der Waals surface area contributed by atoms with Crippen molar-refractivity contribution in [1.82, 2.24) is 5.43 Å². The molecule has 1 aliphatic carbocycles. The third-order valence-electron chi connectivity index (χ3n) is 5.17. The monoisotopic (exact) mass is 328 g/mol. The molecule has 0 bridgehead atoms. The molecule has 6 heteroatoms. The van der Waals surface area contributed by atoms with E-state index < -0.39 is 0 Å². The Kier molecular flexibility index (Phi) is 3.62. The van der Waals surface area contributed by atoms with Crippen LogP contribution in [0.15, 0.2) is 17.2 Å². The first-order valence-electron chi connectivity index (χ1n) is 8.77. The summed E-state index contributed by atoms with van der Waals surface area (Å²) in [6.07, 6.45) is 3.74. The number of hydrogen-bond acceptors (Lipinski definition) is 5. The number of benzene rings is 1. The maximum atomic E-state index is 12.0. The third-order valence-corrected chi connectivity index (χ3v) is 5.17. The van der Waals surface area contributed by atoms with Crippen LogP contribution in [0.4, 0.5) is 11.4 Å². The van der Waals surface area contributed by atoms with Gasteiger partial charge in [-0.2, -0.15) is 5.10 Å². The summed E-state index contributed by atoms with van der Waals surface area (Å²) in [4.78, 5) is 14.0. The van der Waals surface area contributed by atoms with Crippen molar-refractivity contribution < 1.29 is 9.53 Å². The van der Waals surface area contributed by atoms with E-state index in [0.29, 0.717) is 18.6 Å². The van der Waals surface area contributed by atoms with Gasteiger partial charge in [-0.15, -0.1) is 0 Å². The molecule has 1 fully saturated rings. The second-order valence-electron chi connectivity index (χ2n) is 7.17. The smallest absolute Gasteiger partial charge is 0.262 e. The molecule has 1 aromatic rings. The van der Waals surface area contributed by atoms with Crippen molar-refractivity contribution in [2.45, 2.75) is 58.0 Å². The van der Waals surface area contributed by atoms with Gasteiger partial charge in [0, 0.05) is 11.7 Å². The first-order valence-corrected chi connectivity index (χ1v) is 8.77. The fraction of sp³-hybridized carbons (Fsp3) is 0.556. The highest BCUT2D eigenvalue weighted by Crippen LogP contribution is 2.42. The zero-order valence-corrected chi connectivity index (χ0v) is 14.4. The summed E-state index contributed by atoms with van der Waals surface area (Å²) < 4.78 is 5.92. The molecule has 0 radical (unpaired) electrons. The number of amides is 1. The number of nitrogens with zero attached hydrogens (tertiary/aromatic N) is 2. The highest BCUT2D eigenvalue weighted by atomic mass is 16.5. The Hall–Kier alpha value is -2.24. The Morgan fingerprint density at radius 2 is 2.17 bits per heavy atom. The van der Waals surface area contributed by atoms with Gasteiger partial charge >= 0.3 is 0 Å². The first kappa shape index (κ1) is 15.3. The van der Waals surface area contributed by atoms with Gasteiger partial charge in [0.2, 0.25) is 0 Å². The van der Waals surface area contributed by atoms with E-state index in [1.54, 1.807) is 0 Å². The van der Waals surface area contributed by atoms with Gasteiger partial charge in [0.25, 0.3) is 5.91 Å². The molecule has 1 aromatic carbocycles. The molecule has 1 amide bonds. The van der Waals surface area contributed by atoms with Crippen LogP contribution in [0.2, 0.25) is 0 Å². The average Bonchev–Trinajstić information content (AvgIpc) is 2.53. The molecular weight excluding hydrogens is 304 g/mol. The number of carbonyl (C=O) groups excluding carboxylic acids is 1. The van der Waals surface area contributed by atoms with Gasteiger partial charge in [-0.25, -0.2) is 5.43 Å². The summed E-state index contributed by atoms with van der Waals surface area (Å²) in [5.41, 5.74) is 5.90. The van der Waals surface area contributed by atoms with Crippen molar-refractivity contribution in [3.05, 3.63) is 17.7 Å². The lowest BCUT2D eigenvalue weighted by Gasteiger charge is -2.39.